The molecule has 84 valence electrons. The smallest absolute Gasteiger partial charge is 0.122 e. The molecule has 0 spiro atoms. The summed E-state index contributed by atoms with van der Waals surface area (Å²) in [4.78, 5) is 0. The number of halogens is 1. The highest BCUT2D eigenvalue weighted by Crippen LogP contribution is 2.24. The molecular formula is C12H18BrNO. The molecule has 0 saturated heterocycles. The molecule has 1 aromatic carbocycles. The fourth-order valence-corrected chi connectivity index (χ4v) is 1.82. The van der Waals surface area contributed by atoms with E-state index in [2.05, 4.69) is 28.9 Å². The molecule has 1 aromatic rings. The van der Waals surface area contributed by atoms with Crippen LogP contribution in [0.4, 0.5) is 0 Å². The molecule has 1 rings (SSSR count). The minimum absolute atomic E-state index is 0.156. The summed E-state index contributed by atoms with van der Waals surface area (Å²) < 4.78 is 6.74. The first-order chi connectivity index (χ1) is 7.13. The van der Waals surface area contributed by atoms with Crippen LogP contribution in [0, 0.1) is 0 Å². The van der Waals surface area contributed by atoms with Gasteiger partial charge >= 0.3 is 0 Å². The summed E-state index contributed by atoms with van der Waals surface area (Å²) in [6.07, 6.45) is 1.87. The number of hydrogen-bond donors (Lipinski definition) is 1. The van der Waals surface area contributed by atoms with Gasteiger partial charge in [-0.1, -0.05) is 22.9 Å². The largest absolute Gasteiger partial charge is 0.493 e. The molecule has 0 aliphatic rings. The van der Waals surface area contributed by atoms with Crippen LogP contribution < -0.4 is 10.5 Å². The number of rotatable bonds is 5. The normalized spacial score (nSPS) is 12.5. The first-order valence-electron chi connectivity index (χ1n) is 5.30. The minimum Gasteiger partial charge on any atom is -0.493 e. The summed E-state index contributed by atoms with van der Waals surface area (Å²) in [5.41, 5.74) is 6.98. The molecular weight excluding hydrogens is 254 g/mol. The zero-order valence-corrected chi connectivity index (χ0v) is 10.9. The Morgan fingerprint density at radius 3 is 2.80 bits per heavy atom. The Balaban J connectivity index is 2.82. The van der Waals surface area contributed by atoms with Gasteiger partial charge in [0.2, 0.25) is 0 Å². The molecule has 2 N–H and O–H groups in total. The highest BCUT2D eigenvalue weighted by Gasteiger charge is 2.06. The molecule has 0 aromatic heterocycles. The molecule has 0 aliphatic carbocycles. The third-order valence-electron chi connectivity index (χ3n) is 2.03. The van der Waals surface area contributed by atoms with Crippen LogP contribution in [0.25, 0.3) is 0 Å². The van der Waals surface area contributed by atoms with Crippen LogP contribution in [0.1, 0.15) is 25.8 Å². The topological polar surface area (TPSA) is 35.2 Å². The van der Waals surface area contributed by atoms with Gasteiger partial charge in [-0.15, -0.1) is 0 Å². The number of ether oxygens (including phenoxy) is 1. The number of benzene rings is 1. The van der Waals surface area contributed by atoms with Gasteiger partial charge in [0.1, 0.15) is 5.75 Å². The molecule has 2 nitrogen and oxygen atoms in total. The summed E-state index contributed by atoms with van der Waals surface area (Å²) in [5, 5.41) is 0. The second kappa shape index (κ2) is 6.13. The van der Waals surface area contributed by atoms with Crippen molar-refractivity contribution in [3.63, 3.8) is 0 Å². The van der Waals surface area contributed by atoms with Crippen molar-refractivity contribution in [2.45, 2.75) is 32.7 Å². The molecule has 0 bridgehead atoms. The highest BCUT2D eigenvalue weighted by molar-refractivity contribution is 9.10. The Labute approximate surface area is 99.9 Å². The minimum atomic E-state index is 0.156. The standard InChI is InChI=1S/C12H18BrNO/c1-3-6-15-12-5-4-11(13)8-10(12)7-9(2)14/h4-5,8-9H,3,6-7,14H2,1-2H3. The maximum absolute atomic E-state index is 5.80. The van der Waals surface area contributed by atoms with E-state index in [0.717, 1.165) is 29.7 Å². The summed E-state index contributed by atoms with van der Waals surface area (Å²) in [6.45, 7) is 4.86. The maximum Gasteiger partial charge on any atom is 0.122 e. The third kappa shape index (κ3) is 4.22. The molecule has 0 radical (unpaired) electrons. The van der Waals surface area contributed by atoms with Gasteiger partial charge in [-0.3, -0.25) is 0 Å². The van der Waals surface area contributed by atoms with Crippen molar-refractivity contribution in [2.24, 2.45) is 5.73 Å². The van der Waals surface area contributed by atoms with Crippen LogP contribution in [0.3, 0.4) is 0 Å². The zero-order chi connectivity index (χ0) is 11.3. The second-order valence-electron chi connectivity index (χ2n) is 3.78. The van der Waals surface area contributed by atoms with Crippen LogP contribution in [-0.2, 0) is 6.42 Å². The summed E-state index contributed by atoms with van der Waals surface area (Å²) in [6, 6.07) is 6.23. The van der Waals surface area contributed by atoms with Gasteiger partial charge in [-0.25, -0.2) is 0 Å². The van der Waals surface area contributed by atoms with Crippen molar-refractivity contribution in [1.29, 1.82) is 0 Å². The van der Waals surface area contributed by atoms with Crippen LogP contribution in [0.2, 0.25) is 0 Å². The lowest BCUT2D eigenvalue weighted by Gasteiger charge is -2.13. The van der Waals surface area contributed by atoms with E-state index < -0.39 is 0 Å². The van der Waals surface area contributed by atoms with E-state index in [0.29, 0.717) is 0 Å². The monoisotopic (exact) mass is 271 g/mol. The van der Waals surface area contributed by atoms with Crippen molar-refractivity contribution >= 4 is 15.9 Å². The van der Waals surface area contributed by atoms with E-state index in [1.807, 2.05) is 19.1 Å². The van der Waals surface area contributed by atoms with Crippen LogP contribution >= 0.6 is 15.9 Å². The van der Waals surface area contributed by atoms with E-state index in [1.165, 1.54) is 5.56 Å². The third-order valence-corrected chi connectivity index (χ3v) is 2.52. The lowest BCUT2D eigenvalue weighted by atomic mass is 10.1. The second-order valence-corrected chi connectivity index (χ2v) is 4.70. The Bertz CT molecular complexity index is 312. The van der Waals surface area contributed by atoms with Gasteiger partial charge in [0.25, 0.3) is 0 Å². The van der Waals surface area contributed by atoms with Crippen molar-refractivity contribution in [2.75, 3.05) is 6.61 Å². The summed E-state index contributed by atoms with van der Waals surface area (Å²) >= 11 is 3.46. The maximum atomic E-state index is 5.80. The molecule has 0 saturated carbocycles. The van der Waals surface area contributed by atoms with Gasteiger partial charge in [0.05, 0.1) is 6.61 Å². The first-order valence-corrected chi connectivity index (χ1v) is 6.09. The molecule has 15 heavy (non-hydrogen) atoms. The molecule has 0 amide bonds. The molecule has 0 fully saturated rings. The lowest BCUT2D eigenvalue weighted by Crippen LogP contribution is -2.18. The van der Waals surface area contributed by atoms with Gasteiger partial charge in [-0.05, 0) is 43.5 Å². The van der Waals surface area contributed by atoms with Crippen molar-refractivity contribution in [1.82, 2.24) is 0 Å². The van der Waals surface area contributed by atoms with Crippen molar-refractivity contribution < 1.29 is 4.74 Å². The van der Waals surface area contributed by atoms with Crippen LogP contribution in [-0.4, -0.2) is 12.6 Å². The van der Waals surface area contributed by atoms with Gasteiger partial charge in [-0.2, -0.15) is 0 Å². The number of hydrogen-bond acceptors (Lipinski definition) is 2. The van der Waals surface area contributed by atoms with Crippen molar-refractivity contribution in [3.8, 4) is 5.75 Å². The zero-order valence-electron chi connectivity index (χ0n) is 9.29. The van der Waals surface area contributed by atoms with Gasteiger partial charge in [0.15, 0.2) is 0 Å². The predicted molar refractivity (Wildman–Crippen MR) is 67.3 cm³/mol. The van der Waals surface area contributed by atoms with E-state index in [1.54, 1.807) is 0 Å². The fraction of sp³-hybridized carbons (Fsp3) is 0.500. The van der Waals surface area contributed by atoms with E-state index in [9.17, 15) is 0 Å². The van der Waals surface area contributed by atoms with Gasteiger partial charge in [0, 0.05) is 10.5 Å². The summed E-state index contributed by atoms with van der Waals surface area (Å²) in [5.74, 6) is 0.956. The van der Waals surface area contributed by atoms with Gasteiger partial charge < -0.3 is 10.5 Å². The van der Waals surface area contributed by atoms with E-state index >= 15 is 0 Å². The Morgan fingerprint density at radius 1 is 1.47 bits per heavy atom. The predicted octanol–water partition coefficient (Wildman–Crippen LogP) is 3.13. The average Bonchev–Trinajstić information content (AvgIpc) is 2.16. The van der Waals surface area contributed by atoms with Crippen LogP contribution in [0.5, 0.6) is 5.75 Å². The Hall–Kier alpha value is -0.540. The van der Waals surface area contributed by atoms with Crippen molar-refractivity contribution in [3.05, 3.63) is 28.2 Å². The molecule has 1 atom stereocenters. The number of nitrogens with two attached hydrogens (primary N) is 1. The summed E-state index contributed by atoms with van der Waals surface area (Å²) in [7, 11) is 0. The Morgan fingerprint density at radius 2 is 2.20 bits per heavy atom. The fourth-order valence-electron chi connectivity index (χ4n) is 1.41. The SMILES string of the molecule is CCCOc1ccc(Br)cc1CC(C)N. The molecule has 3 heteroatoms. The van der Waals surface area contributed by atoms with Crippen LogP contribution in [0.15, 0.2) is 22.7 Å². The lowest BCUT2D eigenvalue weighted by molar-refractivity contribution is 0.313. The highest BCUT2D eigenvalue weighted by atomic mass is 79.9. The average molecular weight is 272 g/mol. The Kier molecular flexibility index (Phi) is 5.12. The van der Waals surface area contributed by atoms with E-state index in [-0.39, 0.29) is 6.04 Å². The quantitative estimate of drug-likeness (QED) is 0.893. The molecule has 1 unspecified atom stereocenters. The first kappa shape index (κ1) is 12.5. The molecule has 0 aliphatic heterocycles. The molecule has 0 heterocycles. The van der Waals surface area contributed by atoms with E-state index in [4.69, 9.17) is 10.5 Å².